The van der Waals surface area contributed by atoms with E-state index in [2.05, 4.69) is 35.0 Å². The number of nitrogens with zero attached hydrogens (tertiary/aromatic N) is 2. The lowest BCUT2D eigenvalue weighted by Crippen LogP contribution is -2.48. The topological polar surface area (TPSA) is 46.2 Å². The molecule has 0 aromatic heterocycles. The first-order chi connectivity index (χ1) is 16.8. The van der Waals surface area contributed by atoms with Crippen LogP contribution in [0, 0.1) is 6.92 Å². The van der Waals surface area contributed by atoms with E-state index < -0.39 is 0 Å². The number of halogens is 1. The van der Waals surface area contributed by atoms with Crippen molar-refractivity contribution in [1.29, 1.82) is 0 Å². The zero-order valence-electron chi connectivity index (χ0n) is 21.1. The normalized spacial score (nSPS) is 19.4. The highest BCUT2D eigenvalue weighted by atomic mass is 35.5. The molecule has 0 bridgehead atoms. The minimum Gasteiger partial charge on any atom is -0.494 e. The van der Waals surface area contributed by atoms with Gasteiger partial charge in [-0.2, -0.15) is 0 Å². The van der Waals surface area contributed by atoms with Crippen molar-refractivity contribution in [3.63, 3.8) is 0 Å². The molecule has 6 nitrogen and oxygen atoms in total. The first kappa shape index (κ1) is 26.0. The molecular weight excluding hydrogens is 482 g/mol. The lowest BCUT2D eigenvalue weighted by molar-refractivity contribution is 0.0266. The van der Waals surface area contributed by atoms with Crippen molar-refractivity contribution in [3.8, 4) is 11.5 Å². The zero-order chi connectivity index (χ0) is 25.0. The summed E-state index contributed by atoms with van der Waals surface area (Å²) in [4.78, 5) is 4.75. The maximum Gasteiger partial charge on any atom is 0.173 e. The van der Waals surface area contributed by atoms with Gasteiger partial charge >= 0.3 is 0 Å². The number of thiocarbonyl (C=S) groups is 1. The number of hydrogen-bond acceptors (Lipinski definition) is 5. The van der Waals surface area contributed by atoms with Crippen LogP contribution in [0.25, 0.3) is 0 Å². The van der Waals surface area contributed by atoms with Crippen molar-refractivity contribution in [2.24, 2.45) is 0 Å². The van der Waals surface area contributed by atoms with Crippen LogP contribution < -0.4 is 14.8 Å². The van der Waals surface area contributed by atoms with Gasteiger partial charge in [0.2, 0.25) is 0 Å². The molecule has 1 fully saturated rings. The minimum absolute atomic E-state index is 0.0367. The van der Waals surface area contributed by atoms with Crippen molar-refractivity contribution in [2.75, 3.05) is 51.3 Å². The summed E-state index contributed by atoms with van der Waals surface area (Å²) >= 11 is 12.4. The second kappa shape index (κ2) is 11.3. The summed E-state index contributed by atoms with van der Waals surface area (Å²) in [5, 5.41) is 4.89. The molecule has 0 spiro atoms. The number of benzene rings is 2. The van der Waals surface area contributed by atoms with Crippen LogP contribution in [0.1, 0.15) is 44.4 Å². The van der Waals surface area contributed by atoms with E-state index in [-0.39, 0.29) is 11.6 Å². The predicted octanol–water partition coefficient (Wildman–Crippen LogP) is 5.68. The molecule has 190 valence electrons. The number of ether oxygens (including phenoxy) is 3. The largest absolute Gasteiger partial charge is 0.494 e. The summed E-state index contributed by atoms with van der Waals surface area (Å²) in [5.74, 6) is 1.73. The molecule has 1 N–H and O–H groups in total. The molecular formula is C27H36ClN3O3S. The number of hydrogen-bond donors (Lipinski definition) is 1. The van der Waals surface area contributed by atoms with Gasteiger partial charge in [-0.05, 0) is 75.8 Å². The summed E-state index contributed by atoms with van der Waals surface area (Å²) < 4.78 is 17.7. The van der Waals surface area contributed by atoms with Crippen LogP contribution in [0.2, 0.25) is 5.02 Å². The van der Waals surface area contributed by atoms with Crippen LogP contribution >= 0.6 is 23.8 Å². The van der Waals surface area contributed by atoms with Crippen LogP contribution in [0.4, 0.5) is 5.69 Å². The number of fused-ring (bicyclic) bond motifs is 1. The van der Waals surface area contributed by atoms with E-state index in [4.69, 9.17) is 38.0 Å². The standard InChI is InChI=1S/C27H36ClN3O3S/c1-5-33-20-9-10-25-21(17-20)24(18-27(3,4)34-25)31(12-11-30-13-15-32-16-14-30)26(35)29-23-8-6-7-22(28)19(23)2/h6-10,17,24H,5,11-16,18H2,1-4H3,(H,29,35)/t24-/m0/s1. The third kappa shape index (κ3) is 6.39. The molecule has 0 unspecified atom stereocenters. The molecule has 8 heteroatoms. The van der Waals surface area contributed by atoms with E-state index in [1.807, 2.05) is 44.2 Å². The van der Waals surface area contributed by atoms with Gasteiger partial charge in [0.25, 0.3) is 0 Å². The van der Waals surface area contributed by atoms with Gasteiger partial charge < -0.3 is 24.4 Å². The summed E-state index contributed by atoms with van der Waals surface area (Å²) in [5.41, 5.74) is 2.68. The van der Waals surface area contributed by atoms with Gasteiger partial charge in [0, 0.05) is 48.9 Å². The smallest absolute Gasteiger partial charge is 0.173 e. The van der Waals surface area contributed by atoms with Crippen molar-refractivity contribution >= 4 is 34.6 Å². The molecule has 1 atom stereocenters. The Morgan fingerprint density at radius 2 is 2.03 bits per heavy atom. The number of nitrogens with one attached hydrogen (secondary N) is 1. The molecule has 2 aromatic rings. The fraction of sp³-hybridized carbons (Fsp3) is 0.519. The molecule has 0 amide bonds. The Labute approximate surface area is 219 Å². The summed E-state index contributed by atoms with van der Waals surface area (Å²) in [6.07, 6.45) is 0.801. The summed E-state index contributed by atoms with van der Waals surface area (Å²) in [6.45, 7) is 14.0. The third-order valence-electron chi connectivity index (χ3n) is 6.63. The van der Waals surface area contributed by atoms with Gasteiger partial charge in [0.05, 0.1) is 25.9 Å². The van der Waals surface area contributed by atoms with E-state index in [0.717, 1.165) is 79.1 Å². The van der Waals surface area contributed by atoms with E-state index in [0.29, 0.717) is 11.7 Å². The Morgan fingerprint density at radius 1 is 1.26 bits per heavy atom. The summed E-state index contributed by atoms with van der Waals surface area (Å²) in [7, 11) is 0. The van der Waals surface area contributed by atoms with Gasteiger partial charge in [-0.25, -0.2) is 0 Å². The Hall–Kier alpha value is -2.06. The highest BCUT2D eigenvalue weighted by molar-refractivity contribution is 7.80. The van der Waals surface area contributed by atoms with Crippen LogP contribution in [0.5, 0.6) is 11.5 Å². The Kier molecular flexibility index (Phi) is 8.42. The maximum atomic E-state index is 6.39. The molecule has 1 saturated heterocycles. The van der Waals surface area contributed by atoms with Crippen molar-refractivity contribution in [1.82, 2.24) is 9.80 Å². The van der Waals surface area contributed by atoms with Gasteiger partial charge in [-0.1, -0.05) is 17.7 Å². The predicted molar refractivity (Wildman–Crippen MR) is 146 cm³/mol. The first-order valence-electron chi connectivity index (χ1n) is 12.4. The lowest BCUT2D eigenvalue weighted by Gasteiger charge is -2.44. The Bertz CT molecular complexity index is 1040. The Morgan fingerprint density at radius 3 is 2.77 bits per heavy atom. The molecule has 0 saturated carbocycles. The van der Waals surface area contributed by atoms with E-state index in [1.165, 1.54) is 0 Å². The quantitative estimate of drug-likeness (QED) is 0.474. The minimum atomic E-state index is -0.330. The van der Waals surface area contributed by atoms with E-state index in [9.17, 15) is 0 Å². The van der Waals surface area contributed by atoms with Crippen LogP contribution in [0.15, 0.2) is 36.4 Å². The molecule has 4 rings (SSSR count). The highest BCUT2D eigenvalue weighted by Crippen LogP contribution is 2.44. The van der Waals surface area contributed by atoms with Gasteiger partial charge in [-0.3, -0.25) is 4.90 Å². The third-order valence-corrected chi connectivity index (χ3v) is 7.38. The lowest BCUT2D eigenvalue weighted by atomic mass is 9.88. The van der Waals surface area contributed by atoms with E-state index in [1.54, 1.807) is 0 Å². The maximum absolute atomic E-state index is 6.39. The zero-order valence-corrected chi connectivity index (χ0v) is 22.7. The van der Waals surface area contributed by atoms with Gasteiger partial charge in [-0.15, -0.1) is 0 Å². The van der Waals surface area contributed by atoms with E-state index >= 15 is 0 Å². The first-order valence-corrected chi connectivity index (χ1v) is 13.1. The van der Waals surface area contributed by atoms with Crippen LogP contribution in [0.3, 0.4) is 0 Å². The van der Waals surface area contributed by atoms with Gasteiger partial charge in [0.15, 0.2) is 5.11 Å². The summed E-state index contributed by atoms with van der Waals surface area (Å²) in [6, 6.07) is 12.0. The molecule has 35 heavy (non-hydrogen) atoms. The average Bonchev–Trinajstić information content (AvgIpc) is 2.83. The molecule has 2 aliphatic rings. The number of rotatable bonds is 7. The Balaban J connectivity index is 1.67. The number of anilines is 1. The molecule has 0 radical (unpaired) electrons. The van der Waals surface area contributed by atoms with Crippen molar-refractivity contribution < 1.29 is 14.2 Å². The van der Waals surface area contributed by atoms with Crippen LogP contribution in [-0.2, 0) is 4.74 Å². The van der Waals surface area contributed by atoms with Crippen molar-refractivity contribution in [2.45, 2.75) is 45.8 Å². The fourth-order valence-electron chi connectivity index (χ4n) is 4.73. The van der Waals surface area contributed by atoms with Crippen molar-refractivity contribution in [3.05, 3.63) is 52.5 Å². The SMILES string of the molecule is CCOc1ccc2c(c1)[C@@H](N(CCN1CCOCC1)C(=S)Nc1cccc(Cl)c1C)CC(C)(C)O2. The molecule has 2 aliphatic heterocycles. The molecule has 0 aliphatic carbocycles. The van der Waals surface area contributed by atoms with Gasteiger partial charge in [0.1, 0.15) is 17.1 Å². The fourth-order valence-corrected chi connectivity index (χ4v) is 5.24. The second-order valence-corrected chi connectivity index (χ2v) is 10.5. The monoisotopic (exact) mass is 517 g/mol. The number of morpholine rings is 1. The average molecular weight is 518 g/mol. The molecule has 2 aromatic carbocycles. The highest BCUT2D eigenvalue weighted by Gasteiger charge is 2.38. The van der Waals surface area contributed by atoms with Crippen LogP contribution in [-0.4, -0.2) is 66.5 Å². The second-order valence-electron chi connectivity index (χ2n) is 9.70. The molecule has 2 heterocycles.